The van der Waals surface area contributed by atoms with Crippen molar-refractivity contribution < 1.29 is 5.11 Å². The van der Waals surface area contributed by atoms with Gasteiger partial charge in [0.05, 0.1) is 17.7 Å². The highest BCUT2D eigenvalue weighted by Crippen LogP contribution is 2.21. The molecular weight excluding hydrogens is 218 g/mol. The van der Waals surface area contributed by atoms with Crippen LogP contribution in [0.15, 0.2) is 12.5 Å². The molecule has 0 radical (unpaired) electrons. The van der Waals surface area contributed by atoms with Gasteiger partial charge in [-0.15, -0.1) is 0 Å². The first-order chi connectivity index (χ1) is 8.13. The van der Waals surface area contributed by atoms with Crippen molar-refractivity contribution in [3.05, 3.63) is 12.5 Å². The molecule has 92 valence electrons. The van der Waals surface area contributed by atoms with Crippen molar-refractivity contribution in [1.29, 1.82) is 0 Å². The fraction of sp³-hybridized carbons (Fsp3) is 0.545. The van der Waals surface area contributed by atoms with Crippen LogP contribution in [0.3, 0.4) is 0 Å². The maximum absolute atomic E-state index is 9.49. The second kappa shape index (κ2) is 4.67. The first-order valence-corrected chi connectivity index (χ1v) is 5.69. The Morgan fingerprint density at radius 3 is 2.88 bits per heavy atom. The van der Waals surface area contributed by atoms with Crippen LogP contribution in [0.1, 0.15) is 13.8 Å². The third kappa shape index (κ3) is 2.21. The van der Waals surface area contributed by atoms with E-state index in [0.29, 0.717) is 6.54 Å². The molecule has 2 heterocycles. The van der Waals surface area contributed by atoms with Crippen molar-refractivity contribution in [1.82, 2.24) is 19.7 Å². The highest BCUT2D eigenvalue weighted by atomic mass is 16.3. The molecule has 0 bridgehead atoms. The minimum atomic E-state index is -0.392. The molecule has 0 aliphatic carbocycles. The SMILES string of the molecule is CCN(CC(C)O)c1ncnc2c1cnn2C. The molecule has 2 rings (SSSR count). The van der Waals surface area contributed by atoms with Gasteiger partial charge in [-0.05, 0) is 13.8 Å². The molecule has 0 amide bonds. The standard InChI is InChI=1S/C11H17N5O/c1-4-16(6-8(2)17)11-9-5-14-15(3)10(9)12-7-13-11/h5,7-8,17H,4,6H2,1-3H3. The number of likely N-dealkylation sites (N-methyl/N-ethyl adjacent to an activating group) is 1. The topological polar surface area (TPSA) is 67.1 Å². The monoisotopic (exact) mass is 235 g/mol. The molecule has 6 heteroatoms. The number of nitrogens with zero attached hydrogens (tertiary/aromatic N) is 5. The molecule has 2 aromatic rings. The van der Waals surface area contributed by atoms with E-state index in [9.17, 15) is 5.11 Å². The lowest BCUT2D eigenvalue weighted by atomic mass is 10.3. The molecule has 0 saturated heterocycles. The van der Waals surface area contributed by atoms with Crippen LogP contribution in [0.4, 0.5) is 5.82 Å². The zero-order valence-electron chi connectivity index (χ0n) is 10.3. The van der Waals surface area contributed by atoms with E-state index in [1.807, 2.05) is 18.9 Å². The van der Waals surface area contributed by atoms with Gasteiger partial charge in [0.1, 0.15) is 12.1 Å². The van der Waals surface area contributed by atoms with E-state index in [-0.39, 0.29) is 0 Å². The Hall–Kier alpha value is -1.69. The summed E-state index contributed by atoms with van der Waals surface area (Å²) >= 11 is 0. The Labute approximate surface area is 99.9 Å². The molecule has 0 aliphatic heterocycles. The first-order valence-electron chi connectivity index (χ1n) is 5.69. The lowest BCUT2D eigenvalue weighted by Gasteiger charge is -2.23. The van der Waals surface area contributed by atoms with Crippen LogP contribution < -0.4 is 4.90 Å². The molecular formula is C11H17N5O. The van der Waals surface area contributed by atoms with Crippen molar-refractivity contribution in [3.63, 3.8) is 0 Å². The van der Waals surface area contributed by atoms with Crippen LogP contribution in [0.2, 0.25) is 0 Å². The van der Waals surface area contributed by atoms with E-state index in [1.54, 1.807) is 17.8 Å². The van der Waals surface area contributed by atoms with E-state index in [4.69, 9.17) is 0 Å². The average molecular weight is 235 g/mol. The van der Waals surface area contributed by atoms with Gasteiger partial charge >= 0.3 is 0 Å². The van der Waals surface area contributed by atoms with Gasteiger partial charge in [-0.25, -0.2) is 9.97 Å². The van der Waals surface area contributed by atoms with Gasteiger partial charge < -0.3 is 10.0 Å². The molecule has 17 heavy (non-hydrogen) atoms. The molecule has 6 nitrogen and oxygen atoms in total. The van der Waals surface area contributed by atoms with Crippen LogP contribution in [0.5, 0.6) is 0 Å². The molecule has 1 atom stereocenters. The first kappa shape index (κ1) is 11.8. The van der Waals surface area contributed by atoms with E-state index in [0.717, 1.165) is 23.4 Å². The zero-order chi connectivity index (χ0) is 12.4. The maximum Gasteiger partial charge on any atom is 0.163 e. The highest BCUT2D eigenvalue weighted by Gasteiger charge is 2.14. The fourth-order valence-electron chi connectivity index (χ4n) is 1.89. The summed E-state index contributed by atoms with van der Waals surface area (Å²) in [5.74, 6) is 0.825. The van der Waals surface area contributed by atoms with E-state index in [2.05, 4.69) is 15.1 Å². The Balaban J connectivity index is 2.46. The normalized spacial score (nSPS) is 12.9. The second-order valence-corrected chi connectivity index (χ2v) is 4.09. The maximum atomic E-state index is 9.49. The van der Waals surface area contributed by atoms with Crippen LogP contribution in [0.25, 0.3) is 11.0 Å². The number of aryl methyl sites for hydroxylation is 1. The summed E-state index contributed by atoms with van der Waals surface area (Å²) in [6.07, 6.45) is 2.90. The second-order valence-electron chi connectivity index (χ2n) is 4.09. The molecule has 0 fully saturated rings. The molecule has 0 saturated carbocycles. The summed E-state index contributed by atoms with van der Waals surface area (Å²) in [5, 5.41) is 14.6. The largest absolute Gasteiger partial charge is 0.392 e. The predicted molar refractivity (Wildman–Crippen MR) is 65.9 cm³/mol. The minimum absolute atomic E-state index is 0.392. The van der Waals surface area contributed by atoms with Crippen molar-refractivity contribution in [3.8, 4) is 0 Å². The Kier molecular flexibility index (Phi) is 3.23. The summed E-state index contributed by atoms with van der Waals surface area (Å²) in [6, 6.07) is 0. The highest BCUT2D eigenvalue weighted by molar-refractivity contribution is 5.86. The van der Waals surface area contributed by atoms with Gasteiger partial charge in [0, 0.05) is 20.1 Å². The zero-order valence-corrected chi connectivity index (χ0v) is 10.3. The molecule has 0 aliphatic rings. The van der Waals surface area contributed by atoms with Crippen LogP contribution in [-0.2, 0) is 7.05 Å². The van der Waals surface area contributed by atoms with Crippen molar-refractivity contribution in [2.24, 2.45) is 7.05 Å². The Bertz CT molecular complexity index is 508. The predicted octanol–water partition coefficient (Wildman–Crippen LogP) is 0.570. The van der Waals surface area contributed by atoms with Crippen LogP contribution >= 0.6 is 0 Å². The third-order valence-electron chi connectivity index (χ3n) is 2.67. The van der Waals surface area contributed by atoms with Gasteiger partial charge in [-0.1, -0.05) is 0 Å². The lowest BCUT2D eigenvalue weighted by molar-refractivity contribution is 0.200. The molecule has 2 aromatic heterocycles. The number of aliphatic hydroxyl groups is 1. The quantitative estimate of drug-likeness (QED) is 0.839. The number of hydrogen-bond donors (Lipinski definition) is 1. The number of aliphatic hydroxyl groups excluding tert-OH is 1. The summed E-state index contributed by atoms with van der Waals surface area (Å²) in [4.78, 5) is 10.5. The summed E-state index contributed by atoms with van der Waals surface area (Å²) in [5.41, 5.74) is 0.805. The summed E-state index contributed by atoms with van der Waals surface area (Å²) < 4.78 is 1.72. The van der Waals surface area contributed by atoms with Gasteiger partial charge in [0.15, 0.2) is 5.65 Å². The summed E-state index contributed by atoms with van der Waals surface area (Å²) in [6.45, 7) is 5.14. The van der Waals surface area contributed by atoms with Gasteiger partial charge in [0.25, 0.3) is 0 Å². The average Bonchev–Trinajstić information content (AvgIpc) is 2.68. The lowest BCUT2D eigenvalue weighted by Crippen LogP contribution is -2.31. The molecule has 1 unspecified atom stereocenters. The minimum Gasteiger partial charge on any atom is -0.392 e. The molecule has 0 spiro atoms. The van der Waals surface area contributed by atoms with Crippen LogP contribution in [0, 0.1) is 0 Å². The molecule has 0 aromatic carbocycles. The molecule has 1 N–H and O–H groups in total. The van der Waals surface area contributed by atoms with E-state index in [1.165, 1.54) is 6.33 Å². The smallest absolute Gasteiger partial charge is 0.163 e. The number of anilines is 1. The van der Waals surface area contributed by atoms with Gasteiger partial charge in [-0.3, -0.25) is 4.68 Å². The van der Waals surface area contributed by atoms with Gasteiger partial charge in [0.2, 0.25) is 0 Å². The Morgan fingerprint density at radius 2 is 2.24 bits per heavy atom. The number of fused-ring (bicyclic) bond motifs is 1. The van der Waals surface area contributed by atoms with Crippen molar-refractivity contribution >= 4 is 16.9 Å². The third-order valence-corrected chi connectivity index (χ3v) is 2.67. The number of hydrogen-bond acceptors (Lipinski definition) is 5. The van der Waals surface area contributed by atoms with Crippen molar-refractivity contribution in [2.75, 3.05) is 18.0 Å². The van der Waals surface area contributed by atoms with Crippen molar-refractivity contribution in [2.45, 2.75) is 20.0 Å². The van der Waals surface area contributed by atoms with Crippen LogP contribution in [-0.4, -0.2) is 44.0 Å². The fourth-order valence-corrected chi connectivity index (χ4v) is 1.89. The van der Waals surface area contributed by atoms with Gasteiger partial charge in [-0.2, -0.15) is 5.10 Å². The van der Waals surface area contributed by atoms with E-state index < -0.39 is 6.10 Å². The number of rotatable bonds is 4. The van der Waals surface area contributed by atoms with E-state index >= 15 is 0 Å². The number of aromatic nitrogens is 4. The Morgan fingerprint density at radius 1 is 1.47 bits per heavy atom. The summed E-state index contributed by atoms with van der Waals surface area (Å²) in [7, 11) is 1.85.